The fourth-order valence-corrected chi connectivity index (χ4v) is 4.68. The van der Waals surface area contributed by atoms with Crippen LogP contribution in [0.4, 0.5) is 0 Å². The molecule has 1 radical (unpaired) electrons. The Labute approximate surface area is 255 Å². The van der Waals surface area contributed by atoms with E-state index in [0.717, 1.165) is 22.4 Å². The topological polar surface area (TPSA) is 0 Å². The van der Waals surface area contributed by atoms with Crippen LogP contribution < -0.4 is 24.8 Å². The van der Waals surface area contributed by atoms with Crippen LogP contribution in [0.2, 0.25) is 13.1 Å². The van der Waals surface area contributed by atoms with Gasteiger partial charge < -0.3 is 24.8 Å². The van der Waals surface area contributed by atoms with Crippen molar-refractivity contribution in [1.29, 1.82) is 0 Å². The third-order valence-corrected chi connectivity index (χ3v) is 6.32. The van der Waals surface area contributed by atoms with Crippen molar-refractivity contribution in [2.45, 2.75) is 93.2 Å². The molecule has 4 heteroatoms. The molecule has 0 aliphatic rings. The molecule has 4 aromatic rings. The largest absolute Gasteiger partial charge is 4.00 e. The number of rotatable bonds is 4. The van der Waals surface area contributed by atoms with Gasteiger partial charge in [0.1, 0.15) is 0 Å². The first-order valence-corrected chi connectivity index (χ1v) is 15.1. The van der Waals surface area contributed by atoms with Crippen molar-refractivity contribution in [3.8, 4) is 0 Å². The number of benzene rings is 2. The zero-order valence-corrected chi connectivity index (χ0v) is 29.1. The summed E-state index contributed by atoms with van der Waals surface area (Å²) in [6.07, 6.45) is 2.25. The first kappa shape index (κ1) is 37.5. The van der Waals surface area contributed by atoms with Gasteiger partial charge in [-0.2, -0.15) is 12.1 Å². The van der Waals surface area contributed by atoms with Gasteiger partial charge in [0.2, 0.25) is 0 Å². The van der Waals surface area contributed by atoms with E-state index in [-0.39, 0.29) is 51.0 Å². The number of aryl methyl sites for hydroxylation is 4. The SMILES string of the molecule is CCc1ccc(C(C)C)c2cc(C)[cH-]c12.CCc1ccc(C(C)C)c2cc(C)[cH-]c12.C[SiH]C.[Cl-].[Cl-].[Zr+4]. The van der Waals surface area contributed by atoms with Crippen LogP contribution in [0.1, 0.15) is 86.8 Å². The molecule has 4 rings (SSSR count). The van der Waals surface area contributed by atoms with Crippen LogP contribution in [0.3, 0.4) is 0 Å². The summed E-state index contributed by atoms with van der Waals surface area (Å²) >= 11 is 0. The summed E-state index contributed by atoms with van der Waals surface area (Å²) in [7, 11) is 0.750. The minimum absolute atomic E-state index is 0. The molecule has 0 unspecified atom stereocenters. The summed E-state index contributed by atoms with van der Waals surface area (Å²) in [6, 6.07) is 18.5. The maximum absolute atomic E-state index is 2.32. The number of halogens is 2. The molecule has 0 atom stereocenters. The third kappa shape index (κ3) is 9.27. The fraction of sp³-hybridized carbons (Fsp3) is 0.438. The van der Waals surface area contributed by atoms with Crippen LogP contribution in [-0.4, -0.2) is 9.52 Å². The predicted molar refractivity (Wildman–Crippen MR) is 154 cm³/mol. The zero-order valence-electron chi connectivity index (χ0n) is 24.0. The summed E-state index contributed by atoms with van der Waals surface area (Å²) in [5, 5.41) is 5.84. The second-order valence-corrected chi connectivity index (χ2v) is 11.1. The van der Waals surface area contributed by atoms with Crippen molar-refractivity contribution in [3.05, 3.63) is 81.9 Å². The molecule has 0 bridgehead atoms. The van der Waals surface area contributed by atoms with Crippen LogP contribution in [-0.2, 0) is 39.0 Å². The molecule has 0 heterocycles. The van der Waals surface area contributed by atoms with E-state index < -0.39 is 0 Å². The van der Waals surface area contributed by atoms with Gasteiger partial charge in [-0.1, -0.05) is 105 Å². The second-order valence-electron chi connectivity index (χ2n) is 9.94. The second kappa shape index (κ2) is 17.8. The molecule has 0 saturated heterocycles. The van der Waals surface area contributed by atoms with Crippen molar-refractivity contribution in [1.82, 2.24) is 0 Å². The summed E-state index contributed by atoms with van der Waals surface area (Å²) in [5.74, 6) is 1.22. The van der Waals surface area contributed by atoms with Crippen molar-refractivity contribution in [3.63, 3.8) is 0 Å². The van der Waals surface area contributed by atoms with Gasteiger partial charge in [0.15, 0.2) is 0 Å². The molecule has 0 N–H and O–H groups in total. The average molecular weight is 620 g/mol. The predicted octanol–water partition coefficient (Wildman–Crippen LogP) is 3.63. The number of hydrogen-bond acceptors (Lipinski definition) is 0. The Morgan fingerprint density at radius 3 is 1.22 bits per heavy atom. The Hall–Kier alpha value is -0.660. The molecule has 0 aliphatic heterocycles. The van der Waals surface area contributed by atoms with Crippen molar-refractivity contribution in [2.24, 2.45) is 0 Å². The minimum Gasteiger partial charge on any atom is -1.00 e. The maximum Gasteiger partial charge on any atom is 4.00 e. The molecular formula is C32H45Cl2SiZr. The quantitative estimate of drug-likeness (QED) is 0.242. The third-order valence-electron chi connectivity index (χ3n) is 6.32. The van der Waals surface area contributed by atoms with Gasteiger partial charge >= 0.3 is 26.2 Å². The van der Waals surface area contributed by atoms with Gasteiger partial charge in [-0.15, -0.1) is 68.1 Å². The summed E-state index contributed by atoms with van der Waals surface area (Å²) in [4.78, 5) is 0. The van der Waals surface area contributed by atoms with E-state index in [9.17, 15) is 0 Å². The van der Waals surface area contributed by atoms with Crippen molar-refractivity contribution < 1.29 is 51.0 Å². The van der Waals surface area contributed by atoms with Crippen LogP contribution in [0.5, 0.6) is 0 Å². The molecule has 195 valence electrons. The summed E-state index contributed by atoms with van der Waals surface area (Å²) in [5.41, 5.74) is 8.68. The van der Waals surface area contributed by atoms with Gasteiger partial charge in [-0.05, 0) is 11.8 Å². The molecule has 0 fully saturated rings. The molecular weight excluding hydrogens is 575 g/mol. The van der Waals surface area contributed by atoms with E-state index in [2.05, 4.69) is 117 Å². The van der Waals surface area contributed by atoms with Gasteiger partial charge in [0.25, 0.3) is 0 Å². The monoisotopic (exact) mass is 617 g/mol. The molecule has 0 saturated carbocycles. The first-order chi connectivity index (χ1) is 15.7. The van der Waals surface area contributed by atoms with Gasteiger partial charge in [-0.3, -0.25) is 0 Å². The molecule has 0 aromatic heterocycles. The van der Waals surface area contributed by atoms with E-state index in [1.165, 1.54) is 54.9 Å². The Kier molecular flexibility index (Phi) is 18.5. The first-order valence-electron chi connectivity index (χ1n) is 12.8. The molecule has 4 aromatic carbocycles. The van der Waals surface area contributed by atoms with E-state index in [0.29, 0.717) is 11.8 Å². The minimum atomic E-state index is 0. The molecule has 0 spiro atoms. The molecule has 0 nitrogen and oxygen atoms in total. The van der Waals surface area contributed by atoms with E-state index in [4.69, 9.17) is 0 Å². The molecule has 0 amide bonds. The van der Waals surface area contributed by atoms with E-state index >= 15 is 0 Å². The number of hydrogen-bond donors (Lipinski definition) is 0. The van der Waals surface area contributed by atoms with E-state index in [1.807, 2.05) is 0 Å². The summed E-state index contributed by atoms with van der Waals surface area (Å²) in [6.45, 7) is 22.3. The number of fused-ring (bicyclic) bond motifs is 2. The molecule has 0 aliphatic carbocycles. The van der Waals surface area contributed by atoms with Gasteiger partial charge in [0, 0.05) is 9.52 Å². The normalized spacial score (nSPS) is 10.1. The Morgan fingerprint density at radius 1 is 0.667 bits per heavy atom. The van der Waals surface area contributed by atoms with Gasteiger partial charge in [0.05, 0.1) is 0 Å². The standard InChI is InChI=1S/2C15H19.C2H7Si.2ClH.Zr/c2*1-5-12-6-7-13(10(2)3)15-9-11(4)8-14(12)15;1-3-2;;;/h2*6-10H,5H2,1-4H3;3H,1-2H3;2*1H;/q2*-1;;;;+4/p-2. The van der Waals surface area contributed by atoms with E-state index in [1.54, 1.807) is 0 Å². The zero-order chi connectivity index (χ0) is 24.7. The van der Waals surface area contributed by atoms with Gasteiger partial charge in [-0.25, -0.2) is 0 Å². The summed E-state index contributed by atoms with van der Waals surface area (Å²) < 4.78 is 0. The average Bonchev–Trinajstić information content (AvgIpc) is 3.34. The van der Waals surface area contributed by atoms with Crippen LogP contribution in [0.15, 0.2) is 48.5 Å². The van der Waals surface area contributed by atoms with Crippen molar-refractivity contribution >= 4 is 31.1 Å². The Balaban J connectivity index is 0. The van der Waals surface area contributed by atoms with Crippen LogP contribution in [0.25, 0.3) is 21.5 Å². The Bertz CT molecular complexity index is 1080. The van der Waals surface area contributed by atoms with Crippen LogP contribution >= 0.6 is 0 Å². The Morgan fingerprint density at radius 2 is 0.972 bits per heavy atom. The smallest absolute Gasteiger partial charge is 1.00 e. The molecule has 36 heavy (non-hydrogen) atoms. The van der Waals surface area contributed by atoms with Crippen molar-refractivity contribution in [2.75, 3.05) is 0 Å². The maximum atomic E-state index is 2.32. The van der Waals surface area contributed by atoms with Crippen LogP contribution in [0, 0.1) is 13.8 Å². The fourth-order valence-electron chi connectivity index (χ4n) is 4.68.